The average molecular weight is 559 g/mol. The monoisotopic (exact) mass is 558 g/mol. The van der Waals surface area contributed by atoms with Gasteiger partial charge in [0.25, 0.3) is 0 Å². The summed E-state index contributed by atoms with van der Waals surface area (Å²) >= 11 is 6.49. The van der Waals surface area contributed by atoms with Crippen molar-refractivity contribution in [3.05, 3.63) is 81.7 Å². The molecule has 3 aromatic rings. The number of likely N-dealkylation sites (tertiary alicyclic amines) is 1. The Kier molecular flexibility index (Phi) is 8.68. The van der Waals surface area contributed by atoms with Crippen LogP contribution >= 0.6 is 11.6 Å². The van der Waals surface area contributed by atoms with Gasteiger partial charge in [0.05, 0.1) is 23.7 Å². The number of benzene rings is 2. The van der Waals surface area contributed by atoms with Crippen LogP contribution in [-0.2, 0) is 23.1 Å². The van der Waals surface area contributed by atoms with Crippen molar-refractivity contribution in [1.82, 2.24) is 10.1 Å². The van der Waals surface area contributed by atoms with Crippen molar-refractivity contribution in [3.63, 3.8) is 0 Å². The van der Waals surface area contributed by atoms with Gasteiger partial charge in [0.2, 0.25) is 0 Å². The number of hydrogen-bond donors (Lipinski definition) is 0. The molecule has 0 N–H and O–H groups in total. The van der Waals surface area contributed by atoms with Crippen LogP contribution < -0.4 is 4.74 Å². The molecule has 1 aliphatic carbocycles. The van der Waals surface area contributed by atoms with Crippen LogP contribution in [0.15, 0.2) is 53.1 Å². The lowest BCUT2D eigenvalue weighted by molar-refractivity contribution is -0.117. The van der Waals surface area contributed by atoms with Crippen molar-refractivity contribution in [2.45, 2.75) is 71.1 Å². The van der Waals surface area contributed by atoms with Gasteiger partial charge >= 0.3 is 0 Å². The molecule has 0 radical (unpaired) electrons. The fraction of sp³-hybridized carbons (Fsp3) is 0.471. The summed E-state index contributed by atoms with van der Waals surface area (Å²) in [5.41, 5.74) is 3.87. The first-order valence-corrected chi connectivity index (χ1v) is 14.8. The molecule has 0 bridgehead atoms. The Morgan fingerprint density at radius 3 is 2.45 bits per heavy atom. The molecule has 0 atom stereocenters. The molecular formula is C34H39ClN2O3. The second-order valence-corrected chi connectivity index (χ2v) is 12.9. The molecule has 40 heavy (non-hydrogen) atoms. The maximum atomic E-state index is 12.5. The van der Waals surface area contributed by atoms with Gasteiger partial charge < -0.3 is 14.2 Å². The predicted molar refractivity (Wildman–Crippen MR) is 159 cm³/mol. The van der Waals surface area contributed by atoms with Crippen LogP contribution in [0, 0.1) is 17.3 Å². The molecule has 5 rings (SSSR count). The highest BCUT2D eigenvalue weighted by Crippen LogP contribution is 2.47. The average Bonchev–Trinajstić information content (AvgIpc) is 3.55. The van der Waals surface area contributed by atoms with E-state index in [0.717, 1.165) is 35.4 Å². The van der Waals surface area contributed by atoms with E-state index in [9.17, 15) is 4.79 Å². The van der Waals surface area contributed by atoms with Gasteiger partial charge in [-0.3, -0.25) is 4.79 Å². The summed E-state index contributed by atoms with van der Waals surface area (Å²) < 4.78 is 11.4. The Hall–Kier alpha value is -3.07. The smallest absolute Gasteiger partial charge is 0.143 e. The Bertz CT molecular complexity index is 1390. The van der Waals surface area contributed by atoms with Gasteiger partial charge in [0, 0.05) is 42.1 Å². The Morgan fingerprint density at radius 1 is 1.05 bits per heavy atom. The molecule has 0 unspecified atom stereocenters. The van der Waals surface area contributed by atoms with Gasteiger partial charge in [-0.15, -0.1) is 0 Å². The number of Topliss-reactive ketones (excluding diaryl/α,β-unsaturated/α-hetero) is 1. The minimum atomic E-state index is -0.127. The summed E-state index contributed by atoms with van der Waals surface area (Å²) in [5, 5.41) is 4.63. The van der Waals surface area contributed by atoms with Gasteiger partial charge in [0.15, 0.2) is 0 Å². The van der Waals surface area contributed by atoms with Crippen LogP contribution in [0.25, 0.3) is 0 Å². The van der Waals surface area contributed by atoms with E-state index in [4.69, 9.17) is 20.9 Å². The maximum absolute atomic E-state index is 12.5. The predicted octanol–water partition coefficient (Wildman–Crippen LogP) is 7.02. The molecule has 5 nitrogen and oxygen atoms in total. The van der Waals surface area contributed by atoms with E-state index in [1.54, 1.807) is 0 Å². The quantitative estimate of drug-likeness (QED) is 0.208. The lowest BCUT2D eigenvalue weighted by Gasteiger charge is -2.38. The first-order valence-electron chi connectivity index (χ1n) is 14.4. The van der Waals surface area contributed by atoms with Gasteiger partial charge in [-0.2, -0.15) is 0 Å². The van der Waals surface area contributed by atoms with Crippen molar-refractivity contribution in [2.75, 3.05) is 26.2 Å². The molecule has 210 valence electrons. The van der Waals surface area contributed by atoms with Crippen LogP contribution in [-0.4, -0.2) is 42.1 Å². The first kappa shape index (κ1) is 28.5. The number of halogens is 1. The molecule has 2 fully saturated rings. The van der Waals surface area contributed by atoms with Crippen molar-refractivity contribution < 1.29 is 14.1 Å². The fourth-order valence-corrected chi connectivity index (χ4v) is 5.80. The summed E-state index contributed by atoms with van der Waals surface area (Å²) in [5.74, 6) is 7.95. The maximum Gasteiger partial charge on any atom is 0.143 e. The summed E-state index contributed by atoms with van der Waals surface area (Å²) in [4.78, 5) is 15.1. The summed E-state index contributed by atoms with van der Waals surface area (Å²) in [6, 6.07) is 15.3. The minimum Gasteiger partial charge on any atom is -0.492 e. The van der Waals surface area contributed by atoms with Crippen molar-refractivity contribution >= 4 is 17.4 Å². The van der Waals surface area contributed by atoms with E-state index >= 15 is 0 Å². The van der Waals surface area contributed by atoms with Gasteiger partial charge in [-0.05, 0) is 73.5 Å². The zero-order valence-electron chi connectivity index (χ0n) is 23.9. The Labute approximate surface area is 243 Å². The second-order valence-electron chi connectivity index (χ2n) is 12.5. The summed E-state index contributed by atoms with van der Waals surface area (Å²) in [7, 11) is 0. The van der Waals surface area contributed by atoms with E-state index in [2.05, 4.69) is 42.7 Å². The lowest BCUT2D eigenvalue weighted by Crippen LogP contribution is -2.33. The molecule has 1 aromatic heterocycles. The molecule has 1 spiro atoms. The molecule has 1 saturated carbocycles. The van der Waals surface area contributed by atoms with Crippen LogP contribution in [0.1, 0.15) is 81.0 Å². The molecule has 2 heterocycles. The largest absolute Gasteiger partial charge is 0.492 e. The summed E-state index contributed by atoms with van der Waals surface area (Å²) in [6.45, 7) is 10.4. The Balaban J connectivity index is 1.07. The zero-order valence-corrected chi connectivity index (χ0v) is 24.7. The molecule has 2 aliphatic rings. The van der Waals surface area contributed by atoms with E-state index in [0.29, 0.717) is 34.9 Å². The van der Waals surface area contributed by atoms with E-state index in [1.165, 1.54) is 38.8 Å². The third-order valence-electron chi connectivity index (χ3n) is 8.12. The molecule has 1 saturated heterocycles. The van der Waals surface area contributed by atoms with Crippen molar-refractivity contribution in [3.8, 4) is 17.6 Å². The summed E-state index contributed by atoms with van der Waals surface area (Å²) in [6.07, 6.45) is 7.24. The SMILES string of the molecule is CC(C)(C)c1cc(CC(=O)Cc2ccc(C#Cc3ccc(OCCCN4CCC5(CCC5)C4)c(Cl)c3)cc2)no1. The zero-order chi connectivity index (χ0) is 28.2. The van der Waals surface area contributed by atoms with E-state index < -0.39 is 0 Å². The minimum absolute atomic E-state index is 0.0997. The fourth-order valence-electron chi connectivity index (χ4n) is 5.56. The molecule has 6 heteroatoms. The molecule has 0 amide bonds. The number of carbonyl (C=O) groups excluding carboxylic acids is 1. The lowest BCUT2D eigenvalue weighted by atomic mass is 9.68. The third-order valence-corrected chi connectivity index (χ3v) is 8.42. The van der Waals surface area contributed by atoms with Crippen molar-refractivity contribution in [2.24, 2.45) is 5.41 Å². The number of hydrogen-bond acceptors (Lipinski definition) is 5. The van der Waals surface area contributed by atoms with Crippen molar-refractivity contribution in [1.29, 1.82) is 0 Å². The highest BCUT2D eigenvalue weighted by Gasteiger charge is 2.42. The topological polar surface area (TPSA) is 55.6 Å². The second kappa shape index (κ2) is 12.2. The van der Waals surface area contributed by atoms with Gasteiger partial charge in [-0.25, -0.2) is 0 Å². The third kappa shape index (κ3) is 7.36. The standard InChI is InChI=1S/C34H39ClN2O3/c1-33(2,3)32-23-28(36-40-32)22-29(38)20-26-9-6-25(7-10-26)8-11-27-12-13-31(30(35)21-27)39-19-5-17-37-18-16-34(24-37)14-4-15-34/h6-7,9-10,12-13,21,23H,4-5,14-20,22,24H2,1-3H3. The van der Waals surface area contributed by atoms with E-state index in [1.807, 2.05) is 48.5 Å². The highest BCUT2D eigenvalue weighted by atomic mass is 35.5. The Morgan fingerprint density at radius 2 is 1.80 bits per heavy atom. The van der Waals surface area contributed by atoms with Crippen LogP contribution in [0.4, 0.5) is 0 Å². The number of carbonyl (C=O) groups is 1. The van der Waals surface area contributed by atoms with Crippen LogP contribution in [0.3, 0.4) is 0 Å². The normalized spacial score (nSPS) is 16.4. The number of ketones is 1. The number of rotatable bonds is 9. The number of ether oxygens (including phenoxy) is 1. The van der Waals surface area contributed by atoms with Crippen LogP contribution in [0.5, 0.6) is 5.75 Å². The first-order chi connectivity index (χ1) is 19.2. The molecule has 2 aromatic carbocycles. The van der Waals surface area contributed by atoms with Gasteiger partial charge in [0.1, 0.15) is 17.3 Å². The molecule has 1 aliphatic heterocycles. The van der Waals surface area contributed by atoms with Crippen LogP contribution in [0.2, 0.25) is 5.02 Å². The molecular weight excluding hydrogens is 520 g/mol. The number of nitrogens with zero attached hydrogens (tertiary/aromatic N) is 2. The number of aromatic nitrogens is 1. The van der Waals surface area contributed by atoms with Gasteiger partial charge in [-0.1, -0.05) is 67.9 Å². The highest BCUT2D eigenvalue weighted by molar-refractivity contribution is 6.32. The van der Waals surface area contributed by atoms with E-state index in [-0.39, 0.29) is 17.6 Å².